The van der Waals surface area contributed by atoms with Crippen molar-refractivity contribution in [3.05, 3.63) is 111 Å². The number of aromatic nitrogens is 4. The molecule has 0 unspecified atom stereocenters. The molecule has 7 heteroatoms. The van der Waals surface area contributed by atoms with Crippen LogP contribution in [0, 0.1) is 0 Å². The highest BCUT2D eigenvalue weighted by atomic mass is 16.5. The van der Waals surface area contributed by atoms with E-state index in [4.69, 9.17) is 9.72 Å². The first-order valence-corrected chi connectivity index (χ1v) is 11.7. The number of fused-ring (bicyclic) bond motifs is 5. The summed E-state index contributed by atoms with van der Waals surface area (Å²) in [6.45, 7) is 0. The number of rotatable bonds is 4. The van der Waals surface area contributed by atoms with E-state index in [9.17, 15) is 9.59 Å². The minimum Gasteiger partial charge on any atom is -0.497 e. The predicted molar refractivity (Wildman–Crippen MR) is 142 cm³/mol. The Morgan fingerprint density at radius 3 is 2.22 bits per heavy atom. The maximum Gasteiger partial charge on any atom is 0.331 e. The van der Waals surface area contributed by atoms with Crippen molar-refractivity contribution in [2.75, 3.05) is 7.11 Å². The van der Waals surface area contributed by atoms with Crippen molar-refractivity contribution in [2.24, 2.45) is 14.1 Å². The van der Waals surface area contributed by atoms with Gasteiger partial charge in [-0.15, -0.1) is 0 Å². The molecule has 0 bridgehead atoms. The Bertz CT molecular complexity index is 1900. The molecule has 3 aromatic carbocycles. The van der Waals surface area contributed by atoms with Gasteiger partial charge in [0.15, 0.2) is 0 Å². The maximum atomic E-state index is 13.7. The Morgan fingerprint density at radius 1 is 0.806 bits per heavy atom. The van der Waals surface area contributed by atoms with Gasteiger partial charge in [0, 0.05) is 20.5 Å². The van der Waals surface area contributed by atoms with Crippen LogP contribution in [0.4, 0.5) is 0 Å². The minimum absolute atomic E-state index is 0.336. The molecule has 0 saturated carbocycles. The third kappa shape index (κ3) is 3.16. The number of benzene rings is 3. The number of hydrogen-bond acceptors (Lipinski definition) is 4. The van der Waals surface area contributed by atoms with E-state index >= 15 is 0 Å². The molecule has 3 aromatic heterocycles. The van der Waals surface area contributed by atoms with Crippen molar-refractivity contribution in [1.82, 2.24) is 18.5 Å². The second kappa shape index (κ2) is 8.23. The van der Waals surface area contributed by atoms with Crippen LogP contribution in [-0.4, -0.2) is 25.6 Å². The molecule has 0 aliphatic carbocycles. The summed E-state index contributed by atoms with van der Waals surface area (Å²) < 4.78 is 10.2. The summed E-state index contributed by atoms with van der Waals surface area (Å²) in [5, 5.41) is 0.484. The molecule has 0 spiro atoms. The van der Waals surface area contributed by atoms with Crippen LogP contribution in [0.2, 0.25) is 0 Å². The highest BCUT2D eigenvalue weighted by Gasteiger charge is 2.25. The second-order valence-electron chi connectivity index (χ2n) is 8.90. The van der Waals surface area contributed by atoms with Gasteiger partial charge >= 0.3 is 5.69 Å². The fourth-order valence-electron chi connectivity index (χ4n) is 5.05. The molecule has 6 rings (SSSR count). The van der Waals surface area contributed by atoms with E-state index in [-0.39, 0.29) is 11.2 Å². The number of methoxy groups -OCH3 is 1. The van der Waals surface area contributed by atoms with E-state index in [1.54, 1.807) is 18.7 Å². The van der Waals surface area contributed by atoms with E-state index in [0.717, 1.165) is 44.8 Å². The molecule has 178 valence electrons. The number of ether oxygens (including phenoxy) is 1. The molecule has 0 N–H and O–H groups in total. The van der Waals surface area contributed by atoms with Crippen molar-refractivity contribution in [1.29, 1.82) is 0 Å². The van der Waals surface area contributed by atoms with E-state index in [2.05, 4.69) is 16.5 Å². The lowest BCUT2D eigenvalue weighted by molar-refractivity contribution is 0.415. The Morgan fingerprint density at radius 2 is 1.50 bits per heavy atom. The summed E-state index contributed by atoms with van der Waals surface area (Å²) in [5.41, 5.74) is 5.77. The number of para-hydroxylation sites is 2. The van der Waals surface area contributed by atoms with Gasteiger partial charge in [0.1, 0.15) is 5.75 Å². The molecule has 7 nitrogen and oxygen atoms in total. The van der Waals surface area contributed by atoms with Gasteiger partial charge in [-0.25, -0.2) is 9.78 Å². The third-order valence-electron chi connectivity index (χ3n) is 6.80. The smallest absolute Gasteiger partial charge is 0.331 e. The third-order valence-corrected chi connectivity index (χ3v) is 6.80. The summed E-state index contributed by atoms with van der Waals surface area (Å²) in [6.07, 6.45) is 0.555. The summed E-state index contributed by atoms with van der Waals surface area (Å²) >= 11 is 0. The van der Waals surface area contributed by atoms with Gasteiger partial charge in [-0.05, 0) is 47.5 Å². The van der Waals surface area contributed by atoms with Crippen LogP contribution >= 0.6 is 0 Å². The number of hydrogen-bond donors (Lipinski definition) is 0. The van der Waals surface area contributed by atoms with Gasteiger partial charge in [0.2, 0.25) is 0 Å². The normalized spacial score (nSPS) is 11.5. The second-order valence-corrected chi connectivity index (χ2v) is 8.90. The van der Waals surface area contributed by atoms with Crippen LogP contribution < -0.4 is 16.0 Å². The number of nitrogens with zero attached hydrogens (tertiary/aromatic N) is 4. The summed E-state index contributed by atoms with van der Waals surface area (Å²) in [6, 6.07) is 25.6. The SMILES string of the molecule is COc1ccc(-c2c3c(=O)n(C)c(=O)n(C)c3c3c(Cc4ccccc4)nc4ccccc4n23)cc1. The van der Waals surface area contributed by atoms with Crippen LogP contribution in [0.1, 0.15) is 11.3 Å². The number of aryl methyl sites for hydroxylation is 1. The lowest BCUT2D eigenvalue weighted by atomic mass is 10.1. The molecule has 0 radical (unpaired) electrons. The zero-order valence-electron chi connectivity index (χ0n) is 20.2. The fraction of sp³-hybridized carbons (Fsp3) is 0.138. The van der Waals surface area contributed by atoms with Gasteiger partial charge < -0.3 is 9.14 Å². The molecular weight excluding hydrogens is 452 g/mol. The van der Waals surface area contributed by atoms with Crippen LogP contribution in [0.25, 0.3) is 38.7 Å². The Hall–Kier alpha value is -4.65. The quantitative estimate of drug-likeness (QED) is 0.380. The summed E-state index contributed by atoms with van der Waals surface area (Å²) in [5.74, 6) is 0.723. The molecule has 0 atom stereocenters. The first-order chi connectivity index (χ1) is 17.5. The Kier molecular flexibility index (Phi) is 5.00. The highest BCUT2D eigenvalue weighted by Crippen LogP contribution is 2.36. The molecule has 36 heavy (non-hydrogen) atoms. The summed E-state index contributed by atoms with van der Waals surface area (Å²) in [4.78, 5) is 31.8. The molecule has 6 aromatic rings. The van der Waals surface area contributed by atoms with Gasteiger partial charge in [-0.3, -0.25) is 13.9 Å². The van der Waals surface area contributed by atoms with Gasteiger partial charge in [-0.1, -0.05) is 42.5 Å². The molecule has 0 aliphatic rings. The Balaban J connectivity index is 1.88. The van der Waals surface area contributed by atoms with Crippen molar-refractivity contribution in [3.8, 4) is 17.0 Å². The molecule has 0 aliphatic heterocycles. The van der Waals surface area contributed by atoms with Gasteiger partial charge in [0.25, 0.3) is 5.56 Å². The molecule has 0 amide bonds. The fourth-order valence-corrected chi connectivity index (χ4v) is 5.05. The van der Waals surface area contributed by atoms with Gasteiger partial charge in [-0.2, -0.15) is 0 Å². The van der Waals surface area contributed by atoms with Crippen molar-refractivity contribution in [3.63, 3.8) is 0 Å². The van der Waals surface area contributed by atoms with Crippen molar-refractivity contribution >= 4 is 27.5 Å². The zero-order chi connectivity index (χ0) is 25.0. The van der Waals surface area contributed by atoms with Crippen LogP contribution in [0.3, 0.4) is 0 Å². The van der Waals surface area contributed by atoms with E-state index < -0.39 is 0 Å². The van der Waals surface area contributed by atoms with E-state index in [1.807, 2.05) is 66.7 Å². The molecule has 0 fully saturated rings. The standard InChI is InChI=1S/C29H24N4O3/c1-31-27-24(28(34)32(2)29(31)35)25(19-13-15-20(36-3)16-14-19)33-23-12-8-7-11-21(23)30-22(26(27)33)17-18-9-5-4-6-10-18/h4-16H,17H2,1-3H3. The van der Waals surface area contributed by atoms with E-state index in [1.165, 1.54) is 11.6 Å². The monoisotopic (exact) mass is 476 g/mol. The zero-order valence-corrected chi connectivity index (χ0v) is 20.2. The predicted octanol–water partition coefficient (Wildman–Crippen LogP) is 4.30. The van der Waals surface area contributed by atoms with Crippen molar-refractivity contribution in [2.45, 2.75) is 6.42 Å². The topological polar surface area (TPSA) is 70.5 Å². The van der Waals surface area contributed by atoms with Crippen LogP contribution in [0.15, 0.2) is 88.5 Å². The first-order valence-electron chi connectivity index (χ1n) is 11.7. The highest BCUT2D eigenvalue weighted by molar-refractivity contribution is 6.07. The summed E-state index contributed by atoms with van der Waals surface area (Å²) in [7, 11) is 4.85. The lowest BCUT2D eigenvalue weighted by Gasteiger charge is -2.12. The molecule has 3 heterocycles. The average Bonchev–Trinajstić information content (AvgIpc) is 3.28. The van der Waals surface area contributed by atoms with Crippen LogP contribution in [-0.2, 0) is 20.5 Å². The van der Waals surface area contributed by atoms with Crippen molar-refractivity contribution < 1.29 is 4.74 Å². The average molecular weight is 477 g/mol. The lowest BCUT2D eigenvalue weighted by Crippen LogP contribution is -2.36. The maximum absolute atomic E-state index is 13.7. The minimum atomic E-state index is -0.375. The molecular formula is C29H24N4O3. The van der Waals surface area contributed by atoms with Gasteiger partial charge in [0.05, 0.1) is 46.0 Å². The first kappa shape index (κ1) is 21.9. The Labute approximate surface area is 206 Å². The van der Waals surface area contributed by atoms with Crippen LogP contribution in [0.5, 0.6) is 5.75 Å². The molecule has 0 saturated heterocycles. The van der Waals surface area contributed by atoms with E-state index in [0.29, 0.717) is 17.3 Å². The largest absolute Gasteiger partial charge is 0.497 e.